The van der Waals surface area contributed by atoms with E-state index in [2.05, 4.69) is 57.3 Å². The Kier molecular flexibility index (Phi) is 3.89. The first-order valence-corrected chi connectivity index (χ1v) is 9.09. The third-order valence-corrected chi connectivity index (χ3v) is 8.27. The van der Waals surface area contributed by atoms with E-state index < -0.39 is 8.32 Å². The zero-order chi connectivity index (χ0) is 13.3. The summed E-state index contributed by atoms with van der Waals surface area (Å²) in [5.74, 6) is 0. The fourth-order valence-electron chi connectivity index (χ4n) is 1.27. The van der Waals surface area contributed by atoms with E-state index in [1.807, 2.05) is 18.7 Å². The zero-order valence-electron chi connectivity index (χ0n) is 12.2. The quantitative estimate of drug-likeness (QED) is 0.767. The Hall–Kier alpha value is -0.613. The molecule has 0 saturated carbocycles. The Morgan fingerprint density at radius 3 is 2.18 bits per heavy atom. The molecule has 0 unspecified atom stereocenters. The first-order chi connectivity index (χ1) is 7.56. The Morgan fingerprint density at radius 1 is 1.18 bits per heavy atom. The van der Waals surface area contributed by atoms with Crippen molar-refractivity contribution in [2.75, 3.05) is 6.61 Å². The van der Waals surface area contributed by atoms with Gasteiger partial charge in [-0.05, 0) is 32.0 Å². The SMILES string of the molecule is CC(C)(CO[Si](C)(C)C(C)(C)C)n1ccnc1. The summed E-state index contributed by atoms with van der Waals surface area (Å²) in [4.78, 5) is 4.10. The van der Waals surface area contributed by atoms with Crippen molar-refractivity contribution >= 4 is 8.32 Å². The Labute approximate surface area is 106 Å². The van der Waals surface area contributed by atoms with Crippen LogP contribution in [0.25, 0.3) is 0 Å². The number of nitrogens with zero attached hydrogens (tertiary/aromatic N) is 2. The van der Waals surface area contributed by atoms with Gasteiger partial charge in [0.1, 0.15) is 0 Å². The first-order valence-electron chi connectivity index (χ1n) is 6.19. The fraction of sp³-hybridized carbons (Fsp3) is 0.769. The van der Waals surface area contributed by atoms with Crippen molar-refractivity contribution in [2.45, 2.75) is 58.3 Å². The van der Waals surface area contributed by atoms with E-state index in [1.165, 1.54) is 0 Å². The van der Waals surface area contributed by atoms with Gasteiger partial charge in [-0.25, -0.2) is 4.98 Å². The molecule has 0 aliphatic rings. The molecule has 1 aromatic rings. The largest absolute Gasteiger partial charge is 0.414 e. The van der Waals surface area contributed by atoms with E-state index in [9.17, 15) is 0 Å². The number of rotatable bonds is 4. The lowest BCUT2D eigenvalue weighted by atomic mass is 10.1. The van der Waals surface area contributed by atoms with Crippen molar-refractivity contribution in [2.24, 2.45) is 0 Å². The summed E-state index contributed by atoms with van der Waals surface area (Å²) in [6.07, 6.45) is 5.66. The number of imidazole rings is 1. The van der Waals surface area contributed by atoms with Crippen LogP contribution < -0.4 is 0 Å². The highest BCUT2D eigenvalue weighted by Crippen LogP contribution is 2.37. The zero-order valence-corrected chi connectivity index (χ0v) is 13.2. The Bertz CT molecular complexity index is 350. The molecule has 0 bridgehead atoms. The van der Waals surface area contributed by atoms with Crippen molar-refractivity contribution in [3.05, 3.63) is 18.7 Å². The van der Waals surface area contributed by atoms with E-state index in [-0.39, 0.29) is 10.6 Å². The Balaban J connectivity index is 2.68. The lowest BCUT2D eigenvalue weighted by Crippen LogP contribution is -2.45. The van der Waals surface area contributed by atoms with Crippen LogP contribution in [0, 0.1) is 0 Å². The van der Waals surface area contributed by atoms with Crippen molar-refractivity contribution < 1.29 is 4.43 Å². The summed E-state index contributed by atoms with van der Waals surface area (Å²) in [5, 5.41) is 0.262. The van der Waals surface area contributed by atoms with Crippen LogP contribution in [-0.4, -0.2) is 24.5 Å². The predicted octanol–water partition coefficient (Wildman–Crippen LogP) is 3.64. The molecular formula is C13H26N2OSi. The highest BCUT2D eigenvalue weighted by Gasteiger charge is 2.38. The van der Waals surface area contributed by atoms with Gasteiger partial charge in [0.15, 0.2) is 8.32 Å². The molecule has 0 aromatic carbocycles. The van der Waals surface area contributed by atoms with Crippen molar-refractivity contribution in [1.29, 1.82) is 0 Å². The van der Waals surface area contributed by atoms with Crippen LogP contribution in [0.5, 0.6) is 0 Å². The lowest BCUT2D eigenvalue weighted by molar-refractivity contribution is 0.169. The molecule has 1 rings (SSSR count). The van der Waals surface area contributed by atoms with Gasteiger partial charge in [-0.1, -0.05) is 20.8 Å². The van der Waals surface area contributed by atoms with E-state index in [0.29, 0.717) is 0 Å². The van der Waals surface area contributed by atoms with Gasteiger partial charge in [-0.2, -0.15) is 0 Å². The molecule has 0 amide bonds. The molecule has 1 aromatic heterocycles. The summed E-state index contributed by atoms with van der Waals surface area (Å²) in [7, 11) is -1.66. The van der Waals surface area contributed by atoms with E-state index in [1.54, 1.807) is 0 Å². The van der Waals surface area contributed by atoms with Gasteiger partial charge in [0.25, 0.3) is 0 Å². The van der Waals surface area contributed by atoms with E-state index in [4.69, 9.17) is 4.43 Å². The molecule has 98 valence electrons. The minimum absolute atomic E-state index is 0.0357. The second kappa shape index (κ2) is 4.57. The topological polar surface area (TPSA) is 27.1 Å². The normalized spacial score (nSPS) is 14.1. The highest BCUT2D eigenvalue weighted by molar-refractivity contribution is 6.74. The highest BCUT2D eigenvalue weighted by atomic mass is 28.4. The van der Waals surface area contributed by atoms with Crippen molar-refractivity contribution in [3.63, 3.8) is 0 Å². The summed E-state index contributed by atoms with van der Waals surface area (Å²) >= 11 is 0. The standard InChI is InChI=1S/C13H26N2OSi/c1-12(2,3)17(6,7)16-10-13(4,5)15-9-8-14-11-15/h8-9,11H,10H2,1-7H3. The van der Waals surface area contributed by atoms with Gasteiger partial charge in [-0.15, -0.1) is 0 Å². The molecule has 17 heavy (non-hydrogen) atoms. The minimum Gasteiger partial charge on any atom is -0.414 e. The van der Waals surface area contributed by atoms with Gasteiger partial charge < -0.3 is 8.99 Å². The maximum Gasteiger partial charge on any atom is 0.192 e. The number of aromatic nitrogens is 2. The molecule has 0 atom stereocenters. The van der Waals surface area contributed by atoms with E-state index >= 15 is 0 Å². The third kappa shape index (κ3) is 3.42. The molecule has 0 fully saturated rings. The smallest absolute Gasteiger partial charge is 0.192 e. The molecule has 4 heteroatoms. The van der Waals surface area contributed by atoms with Crippen LogP contribution in [0.3, 0.4) is 0 Å². The molecule has 0 aliphatic carbocycles. The molecule has 3 nitrogen and oxygen atoms in total. The van der Waals surface area contributed by atoms with Crippen LogP contribution in [0.15, 0.2) is 18.7 Å². The average Bonchev–Trinajstić information content (AvgIpc) is 2.66. The van der Waals surface area contributed by atoms with Crippen molar-refractivity contribution in [3.8, 4) is 0 Å². The van der Waals surface area contributed by atoms with Gasteiger partial charge in [-0.3, -0.25) is 0 Å². The van der Waals surface area contributed by atoms with E-state index in [0.717, 1.165) is 6.61 Å². The van der Waals surface area contributed by atoms with Crippen molar-refractivity contribution in [1.82, 2.24) is 9.55 Å². The Morgan fingerprint density at radius 2 is 1.76 bits per heavy atom. The second-order valence-corrected chi connectivity index (χ2v) is 11.6. The van der Waals surface area contributed by atoms with Gasteiger partial charge in [0.2, 0.25) is 0 Å². The predicted molar refractivity (Wildman–Crippen MR) is 74.7 cm³/mol. The third-order valence-electron chi connectivity index (χ3n) is 3.80. The molecular weight excluding hydrogens is 228 g/mol. The maximum absolute atomic E-state index is 6.27. The van der Waals surface area contributed by atoms with Gasteiger partial charge in [0.05, 0.1) is 18.5 Å². The molecule has 0 saturated heterocycles. The summed E-state index contributed by atoms with van der Waals surface area (Å²) in [6.45, 7) is 16.5. The summed E-state index contributed by atoms with van der Waals surface area (Å²) in [5.41, 5.74) is -0.0357. The van der Waals surface area contributed by atoms with Crippen LogP contribution >= 0.6 is 0 Å². The molecule has 0 spiro atoms. The average molecular weight is 254 g/mol. The van der Waals surface area contributed by atoms with Crippen LogP contribution in [0.1, 0.15) is 34.6 Å². The van der Waals surface area contributed by atoms with Gasteiger partial charge in [0, 0.05) is 12.4 Å². The molecule has 0 radical (unpaired) electrons. The summed E-state index contributed by atoms with van der Waals surface area (Å²) in [6, 6.07) is 0. The van der Waals surface area contributed by atoms with Gasteiger partial charge >= 0.3 is 0 Å². The fourth-order valence-corrected chi connectivity index (χ4v) is 2.41. The number of hydrogen-bond donors (Lipinski definition) is 0. The monoisotopic (exact) mass is 254 g/mol. The van der Waals surface area contributed by atoms with Crippen LogP contribution in [0.4, 0.5) is 0 Å². The molecule has 0 N–H and O–H groups in total. The first kappa shape index (κ1) is 14.4. The molecule has 0 aliphatic heterocycles. The number of hydrogen-bond acceptors (Lipinski definition) is 2. The second-order valence-electron chi connectivity index (χ2n) is 6.83. The molecule has 1 heterocycles. The van der Waals surface area contributed by atoms with Crippen LogP contribution in [0.2, 0.25) is 18.1 Å². The maximum atomic E-state index is 6.27. The lowest BCUT2D eigenvalue weighted by Gasteiger charge is -2.39. The minimum atomic E-state index is -1.66. The summed E-state index contributed by atoms with van der Waals surface area (Å²) < 4.78 is 8.38. The van der Waals surface area contributed by atoms with Crippen LogP contribution in [-0.2, 0) is 9.96 Å².